The first-order valence-corrected chi connectivity index (χ1v) is 5.00. The average Bonchev–Trinajstić information content (AvgIpc) is 1.88. The maximum absolute atomic E-state index is 10.8. The van der Waals surface area contributed by atoms with E-state index in [1.54, 1.807) is 0 Å². The Hall–Kier alpha value is -0.313. The molecule has 0 radical (unpaired) electrons. The van der Waals surface area contributed by atoms with Crippen molar-refractivity contribution in [2.75, 3.05) is 6.61 Å². The fourth-order valence-electron chi connectivity index (χ4n) is 0.484. The van der Waals surface area contributed by atoms with Crippen LogP contribution in [0.15, 0.2) is 0 Å². The number of carbonyl (C=O) groups excluding carboxylic acids is 1. The highest BCUT2D eigenvalue weighted by atomic mass is 28.1. The van der Waals surface area contributed by atoms with Crippen LogP contribution in [-0.2, 0) is 9.53 Å². The lowest BCUT2D eigenvalue weighted by Crippen LogP contribution is -2.10. The highest BCUT2D eigenvalue weighted by Crippen LogP contribution is 1.99. The Kier molecular flexibility index (Phi) is 5.30. The third kappa shape index (κ3) is 4.55. The molecule has 0 fully saturated rings. The summed E-state index contributed by atoms with van der Waals surface area (Å²) in [5.41, 5.74) is 0.150. The maximum Gasteiger partial charge on any atom is 0.304 e. The van der Waals surface area contributed by atoms with Gasteiger partial charge in [-0.1, -0.05) is 20.3 Å². The molecule has 0 spiro atoms. The molecule has 0 N–H and O–H groups in total. The maximum atomic E-state index is 10.8. The first-order chi connectivity index (χ1) is 4.68. The van der Waals surface area contributed by atoms with E-state index in [2.05, 4.69) is 6.92 Å². The van der Waals surface area contributed by atoms with Crippen LogP contribution >= 0.6 is 0 Å². The summed E-state index contributed by atoms with van der Waals surface area (Å²) >= 11 is 0. The van der Waals surface area contributed by atoms with Gasteiger partial charge < -0.3 is 4.74 Å². The lowest BCUT2D eigenvalue weighted by Gasteiger charge is -2.04. The Morgan fingerprint density at radius 3 is 2.70 bits per heavy atom. The van der Waals surface area contributed by atoms with E-state index in [1.807, 2.05) is 6.92 Å². The van der Waals surface area contributed by atoms with Gasteiger partial charge in [0.1, 0.15) is 0 Å². The Morgan fingerprint density at radius 2 is 2.30 bits per heavy atom. The van der Waals surface area contributed by atoms with E-state index in [0.29, 0.717) is 6.61 Å². The smallest absolute Gasteiger partial charge is 0.304 e. The predicted molar refractivity (Wildman–Crippen MR) is 45.2 cm³/mol. The van der Waals surface area contributed by atoms with Crippen molar-refractivity contribution in [1.29, 1.82) is 0 Å². The largest absolute Gasteiger partial charge is 0.466 e. The fourth-order valence-corrected chi connectivity index (χ4v) is 0.650. The van der Waals surface area contributed by atoms with Crippen molar-refractivity contribution in [3.05, 3.63) is 0 Å². The minimum absolute atomic E-state index is 0.0277. The van der Waals surface area contributed by atoms with E-state index in [-0.39, 0.29) is 11.5 Å². The Balaban J connectivity index is 3.22. The van der Waals surface area contributed by atoms with Gasteiger partial charge in [-0.3, -0.25) is 4.79 Å². The minimum Gasteiger partial charge on any atom is -0.466 e. The monoisotopic (exact) mass is 160 g/mol. The molecule has 3 heteroatoms. The topological polar surface area (TPSA) is 26.3 Å². The number of unbranched alkanes of at least 4 members (excludes halogenated alkanes) is 1. The minimum atomic E-state index is -0.0277. The van der Waals surface area contributed by atoms with Gasteiger partial charge in [0.15, 0.2) is 0 Å². The van der Waals surface area contributed by atoms with Crippen LogP contribution in [0.4, 0.5) is 0 Å². The number of carbonyl (C=O) groups is 1. The Labute approximate surface area is 65.4 Å². The first-order valence-electron chi connectivity index (χ1n) is 3.85. The second-order valence-electron chi connectivity index (χ2n) is 2.68. The molecule has 0 aliphatic heterocycles. The number of ether oxygens (including phenoxy) is 1. The van der Waals surface area contributed by atoms with Crippen molar-refractivity contribution < 1.29 is 9.53 Å². The SMILES string of the molecule is CCCCOC(=O)C(C)[SiH3]. The summed E-state index contributed by atoms with van der Waals surface area (Å²) in [6.45, 7) is 4.58. The molecule has 2 nitrogen and oxygen atoms in total. The molecule has 0 aromatic rings. The van der Waals surface area contributed by atoms with Crippen LogP contribution in [0.25, 0.3) is 0 Å². The lowest BCUT2D eigenvalue weighted by atomic mass is 10.4. The summed E-state index contributed by atoms with van der Waals surface area (Å²) in [6.07, 6.45) is 2.07. The number of rotatable bonds is 4. The summed E-state index contributed by atoms with van der Waals surface area (Å²) in [5.74, 6) is -0.0277. The van der Waals surface area contributed by atoms with Gasteiger partial charge in [-0.2, -0.15) is 0 Å². The van der Waals surface area contributed by atoms with Crippen LogP contribution in [0.2, 0.25) is 5.54 Å². The molecule has 1 unspecified atom stereocenters. The lowest BCUT2D eigenvalue weighted by molar-refractivity contribution is -0.143. The fraction of sp³-hybridized carbons (Fsp3) is 0.857. The van der Waals surface area contributed by atoms with Crippen LogP contribution in [0.5, 0.6) is 0 Å². The van der Waals surface area contributed by atoms with E-state index < -0.39 is 0 Å². The zero-order valence-corrected chi connectivity index (χ0v) is 9.02. The van der Waals surface area contributed by atoms with Crippen molar-refractivity contribution in [3.8, 4) is 0 Å². The number of hydrogen-bond donors (Lipinski definition) is 0. The zero-order valence-electron chi connectivity index (χ0n) is 7.02. The van der Waals surface area contributed by atoms with Crippen LogP contribution in [0.1, 0.15) is 26.7 Å². The van der Waals surface area contributed by atoms with E-state index in [0.717, 1.165) is 23.1 Å². The predicted octanol–water partition coefficient (Wildman–Crippen LogP) is 0.503. The van der Waals surface area contributed by atoms with Gasteiger partial charge in [0.2, 0.25) is 0 Å². The molecule has 0 aromatic carbocycles. The van der Waals surface area contributed by atoms with Crippen molar-refractivity contribution in [2.45, 2.75) is 32.2 Å². The quantitative estimate of drug-likeness (QED) is 0.340. The molecule has 0 saturated heterocycles. The van der Waals surface area contributed by atoms with Crippen LogP contribution < -0.4 is 0 Å². The standard InChI is InChI=1S/C7H16O2Si/c1-3-4-5-9-7(8)6(2)10/h6H,3-5H2,1-2,10H3. The molecule has 0 heterocycles. The number of hydrogen-bond acceptors (Lipinski definition) is 2. The molecule has 0 bridgehead atoms. The van der Waals surface area contributed by atoms with Gasteiger partial charge in [0.05, 0.1) is 6.61 Å². The summed E-state index contributed by atoms with van der Waals surface area (Å²) in [6, 6.07) is 0. The molecule has 1 atom stereocenters. The van der Waals surface area contributed by atoms with Crippen LogP contribution in [0, 0.1) is 0 Å². The average molecular weight is 160 g/mol. The van der Waals surface area contributed by atoms with Gasteiger partial charge in [-0.15, -0.1) is 0 Å². The summed E-state index contributed by atoms with van der Waals surface area (Å²) in [4.78, 5) is 10.8. The van der Waals surface area contributed by atoms with Gasteiger partial charge in [-0.25, -0.2) is 0 Å². The third-order valence-electron chi connectivity index (χ3n) is 1.21. The third-order valence-corrected chi connectivity index (χ3v) is 1.69. The van der Waals surface area contributed by atoms with E-state index >= 15 is 0 Å². The molecular formula is C7H16O2Si. The molecule has 0 rings (SSSR count). The molecule has 0 amide bonds. The molecule has 0 aromatic heterocycles. The van der Waals surface area contributed by atoms with Gasteiger partial charge >= 0.3 is 5.97 Å². The van der Waals surface area contributed by atoms with Crippen molar-refractivity contribution in [1.82, 2.24) is 0 Å². The van der Waals surface area contributed by atoms with E-state index in [9.17, 15) is 4.79 Å². The Morgan fingerprint density at radius 1 is 1.70 bits per heavy atom. The van der Waals surface area contributed by atoms with Crippen molar-refractivity contribution in [3.63, 3.8) is 0 Å². The zero-order chi connectivity index (χ0) is 7.98. The summed E-state index contributed by atoms with van der Waals surface area (Å²) < 4.78 is 4.94. The molecule has 0 aliphatic rings. The second kappa shape index (κ2) is 5.47. The number of esters is 1. The van der Waals surface area contributed by atoms with Gasteiger partial charge in [0, 0.05) is 15.8 Å². The first kappa shape index (κ1) is 9.69. The van der Waals surface area contributed by atoms with E-state index in [4.69, 9.17) is 4.74 Å². The molecule has 0 aliphatic carbocycles. The van der Waals surface area contributed by atoms with Crippen molar-refractivity contribution >= 4 is 16.2 Å². The molecular weight excluding hydrogens is 144 g/mol. The Bertz CT molecular complexity index is 102. The van der Waals surface area contributed by atoms with Gasteiger partial charge in [0.25, 0.3) is 0 Å². The normalized spacial score (nSPS) is 13.0. The highest BCUT2D eigenvalue weighted by molar-refractivity contribution is 6.22. The molecule has 10 heavy (non-hydrogen) atoms. The summed E-state index contributed by atoms with van der Waals surface area (Å²) in [5, 5.41) is 0. The van der Waals surface area contributed by atoms with Gasteiger partial charge in [-0.05, 0) is 6.42 Å². The second-order valence-corrected chi connectivity index (χ2v) is 4.41. The molecule has 0 saturated carbocycles. The van der Waals surface area contributed by atoms with Crippen LogP contribution in [-0.4, -0.2) is 22.8 Å². The van der Waals surface area contributed by atoms with E-state index in [1.165, 1.54) is 0 Å². The summed E-state index contributed by atoms with van der Waals surface area (Å²) in [7, 11) is 0.897. The van der Waals surface area contributed by atoms with Crippen molar-refractivity contribution in [2.24, 2.45) is 0 Å². The van der Waals surface area contributed by atoms with Crippen LogP contribution in [0.3, 0.4) is 0 Å². The highest BCUT2D eigenvalue weighted by Gasteiger charge is 2.06. The molecule has 60 valence electrons.